The summed E-state index contributed by atoms with van der Waals surface area (Å²) in [6, 6.07) is 8.44. The zero-order valence-electron chi connectivity index (χ0n) is 15.7. The fourth-order valence-electron chi connectivity index (χ4n) is 3.16. The standard InChI is InChI=1S/C20H27ClN4O2/c1-2-4-17-18(21)19(25-24-17)20(26)23-15-8-6-14(7-9-15)5-3-11-22-16-10-12-27-13-16/h6-9,16,22H,2-5,10-13H2,1H3,(H,23,26)(H,24,25)/t16-/m1/s1. The first-order valence-electron chi connectivity index (χ1n) is 9.61. The van der Waals surface area contributed by atoms with Crippen LogP contribution in [0.4, 0.5) is 5.69 Å². The minimum absolute atomic E-state index is 0.273. The number of nitrogens with zero attached hydrogens (tertiary/aromatic N) is 1. The van der Waals surface area contributed by atoms with Crippen LogP contribution in [0.1, 0.15) is 47.9 Å². The van der Waals surface area contributed by atoms with Crippen molar-refractivity contribution < 1.29 is 9.53 Å². The largest absolute Gasteiger partial charge is 0.380 e. The first-order chi connectivity index (χ1) is 13.2. The molecule has 146 valence electrons. The van der Waals surface area contributed by atoms with Crippen LogP contribution in [-0.4, -0.2) is 41.9 Å². The smallest absolute Gasteiger partial charge is 0.275 e. The molecule has 0 aliphatic carbocycles. The molecule has 2 aromatic rings. The van der Waals surface area contributed by atoms with E-state index >= 15 is 0 Å². The summed E-state index contributed by atoms with van der Waals surface area (Å²) in [5, 5.41) is 13.7. The van der Waals surface area contributed by atoms with Gasteiger partial charge in [-0.15, -0.1) is 0 Å². The first-order valence-corrected chi connectivity index (χ1v) is 9.99. The Morgan fingerprint density at radius 2 is 2.15 bits per heavy atom. The number of nitrogens with one attached hydrogen (secondary N) is 3. The number of aryl methyl sites for hydroxylation is 2. The molecule has 0 radical (unpaired) electrons. The number of carbonyl (C=O) groups excluding carboxylic acids is 1. The molecule has 3 rings (SSSR count). The van der Waals surface area contributed by atoms with Gasteiger partial charge in [-0.2, -0.15) is 5.10 Å². The number of rotatable bonds is 9. The Labute approximate surface area is 165 Å². The van der Waals surface area contributed by atoms with Crippen LogP contribution in [0.15, 0.2) is 24.3 Å². The summed E-state index contributed by atoms with van der Waals surface area (Å²) in [5.74, 6) is -0.273. The SMILES string of the molecule is CCCc1n[nH]c(C(=O)Nc2ccc(CCCN[C@@H]3CCOC3)cc2)c1Cl. The Bertz CT molecular complexity index is 739. The molecule has 1 aliphatic heterocycles. The number of ether oxygens (including phenoxy) is 1. The summed E-state index contributed by atoms with van der Waals surface area (Å²) in [7, 11) is 0. The molecule has 1 aromatic heterocycles. The van der Waals surface area contributed by atoms with E-state index in [4.69, 9.17) is 16.3 Å². The van der Waals surface area contributed by atoms with Crippen molar-refractivity contribution >= 4 is 23.2 Å². The highest BCUT2D eigenvalue weighted by molar-refractivity contribution is 6.34. The van der Waals surface area contributed by atoms with Gasteiger partial charge in [0.15, 0.2) is 0 Å². The predicted octanol–water partition coefficient (Wildman–Crippen LogP) is 3.58. The van der Waals surface area contributed by atoms with E-state index < -0.39 is 0 Å². The number of aromatic nitrogens is 2. The molecular formula is C20H27ClN4O2. The number of halogens is 1. The third kappa shape index (κ3) is 5.54. The Morgan fingerprint density at radius 3 is 2.85 bits per heavy atom. The van der Waals surface area contributed by atoms with Gasteiger partial charge in [-0.05, 0) is 49.9 Å². The van der Waals surface area contributed by atoms with Crippen LogP contribution >= 0.6 is 11.6 Å². The lowest BCUT2D eigenvalue weighted by atomic mass is 10.1. The number of carbonyl (C=O) groups is 1. The molecule has 1 aromatic carbocycles. The highest BCUT2D eigenvalue weighted by Gasteiger charge is 2.17. The first kappa shape index (κ1) is 19.9. The van der Waals surface area contributed by atoms with Gasteiger partial charge >= 0.3 is 0 Å². The second-order valence-electron chi connectivity index (χ2n) is 6.88. The van der Waals surface area contributed by atoms with E-state index in [9.17, 15) is 4.79 Å². The van der Waals surface area contributed by atoms with Crippen LogP contribution in [0.25, 0.3) is 0 Å². The van der Waals surface area contributed by atoms with Gasteiger partial charge in [0.1, 0.15) is 5.69 Å². The number of benzene rings is 1. The highest BCUT2D eigenvalue weighted by Crippen LogP contribution is 2.21. The summed E-state index contributed by atoms with van der Waals surface area (Å²) in [5.41, 5.74) is 3.04. The van der Waals surface area contributed by atoms with E-state index in [-0.39, 0.29) is 5.91 Å². The van der Waals surface area contributed by atoms with E-state index in [1.807, 2.05) is 31.2 Å². The Kier molecular flexibility index (Phi) is 7.26. The molecule has 0 spiro atoms. The maximum Gasteiger partial charge on any atom is 0.275 e. The number of hydrogen-bond donors (Lipinski definition) is 3. The van der Waals surface area contributed by atoms with Gasteiger partial charge in [0, 0.05) is 18.3 Å². The summed E-state index contributed by atoms with van der Waals surface area (Å²) in [6.45, 7) is 4.74. The van der Waals surface area contributed by atoms with Gasteiger partial charge < -0.3 is 15.4 Å². The fraction of sp³-hybridized carbons (Fsp3) is 0.500. The minimum Gasteiger partial charge on any atom is -0.380 e. The zero-order valence-corrected chi connectivity index (χ0v) is 16.4. The van der Waals surface area contributed by atoms with Crippen molar-refractivity contribution in [2.75, 3.05) is 25.1 Å². The number of aromatic amines is 1. The van der Waals surface area contributed by atoms with Crippen molar-refractivity contribution in [3.05, 3.63) is 46.2 Å². The molecule has 1 fully saturated rings. The summed E-state index contributed by atoms with van der Waals surface area (Å²) in [4.78, 5) is 12.4. The molecule has 1 saturated heterocycles. The quantitative estimate of drug-likeness (QED) is 0.572. The summed E-state index contributed by atoms with van der Waals surface area (Å²) in [6.07, 6.45) is 4.86. The summed E-state index contributed by atoms with van der Waals surface area (Å²) < 4.78 is 5.36. The van der Waals surface area contributed by atoms with Gasteiger partial charge in [-0.3, -0.25) is 9.89 Å². The van der Waals surface area contributed by atoms with Gasteiger partial charge in [0.2, 0.25) is 0 Å². The van der Waals surface area contributed by atoms with Crippen LogP contribution in [0, 0.1) is 0 Å². The third-order valence-electron chi connectivity index (χ3n) is 4.71. The van der Waals surface area contributed by atoms with E-state index in [1.165, 1.54) is 5.56 Å². The molecule has 1 amide bonds. The molecule has 6 nitrogen and oxygen atoms in total. The van der Waals surface area contributed by atoms with Crippen LogP contribution < -0.4 is 10.6 Å². The van der Waals surface area contributed by atoms with Gasteiger partial charge in [-0.25, -0.2) is 0 Å². The van der Waals surface area contributed by atoms with Gasteiger partial charge in [0.05, 0.1) is 17.3 Å². The number of H-pyrrole nitrogens is 1. The molecule has 1 aliphatic rings. The van der Waals surface area contributed by atoms with Crippen LogP contribution in [0.2, 0.25) is 5.02 Å². The monoisotopic (exact) mass is 390 g/mol. The van der Waals surface area contributed by atoms with Gasteiger partial charge in [0.25, 0.3) is 5.91 Å². The maximum absolute atomic E-state index is 12.4. The topological polar surface area (TPSA) is 79.0 Å². The number of amides is 1. The molecule has 3 N–H and O–H groups in total. The van der Waals surface area contributed by atoms with Crippen molar-refractivity contribution in [3.8, 4) is 0 Å². The average molecular weight is 391 g/mol. The fourth-order valence-corrected chi connectivity index (χ4v) is 3.43. The molecule has 2 heterocycles. The van der Waals surface area contributed by atoms with Crippen molar-refractivity contribution in [1.29, 1.82) is 0 Å². The lowest BCUT2D eigenvalue weighted by Crippen LogP contribution is -2.30. The van der Waals surface area contributed by atoms with E-state index in [2.05, 4.69) is 20.8 Å². The number of hydrogen-bond acceptors (Lipinski definition) is 4. The highest BCUT2D eigenvalue weighted by atomic mass is 35.5. The minimum atomic E-state index is -0.273. The Balaban J connectivity index is 1.46. The second-order valence-corrected chi connectivity index (χ2v) is 7.26. The normalized spacial score (nSPS) is 16.6. The van der Waals surface area contributed by atoms with Crippen molar-refractivity contribution in [3.63, 3.8) is 0 Å². The molecule has 0 unspecified atom stereocenters. The van der Waals surface area contributed by atoms with Crippen LogP contribution in [0.3, 0.4) is 0 Å². The molecule has 0 bridgehead atoms. The lowest BCUT2D eigenvalue weighted by Gasteiger charge is -2.10. The molecule has 7 heteroatoms. The lowest BCUT2D eigenvalue weighted by molar-refractivity contribution is 0.102. The van der Waals surface area contributed by atoms with Crippen LogP contribution in [0.5, 0.6) is 0 Å². The summed E-state index contributed by atoms with van der Waals surface area (Å²) >= 11 is 6.24. The Hall–Kier alpha value is -1.89. The van der Waals surface area contributed by atoms with Crippen LogP contribution in [-0.2, 0) is 17.6 Å². The predicted molar refractivity (Wildman–Crippen MR) is 108 cm³/mol. The molecule has 1 atom stereocenters. The Morgan fingerprint density at radius 1 is 1.33 bits per heavy atom. The number of anilines is 1. The molecular weight excluding hydrogens is 364 g/mol. The van der Waals surface area contributed by atoms with E-state index in [0.717, 1.165) is 63.2 Å². The van der Waals surface area contributed by atoms with Crippen molar-refractivity contribution in [1.82, 2.24) is 15.5 Å². The average Bonchev–Trinajstić information content (AvgIpc) is 3.31. The third-order valence-corrected chi connectivity index (χ3v) is 5.11. The zero-order chi connectivity index (χ0) is 19.1. The molecule has 0 saturated carbocycles. The van der Waals surface area contributed by atoms with Gasteiger partial charge in [-0.1, -0.05) is 37.1 Å². The molecule has 27 heavy (non-hydrogen) atoms. The van der Waals surface area contributed by atoms with E-state index in [1.54, 1.807) is 0 Å². The second kappa shape index (κ2) is 9.88. The van der Waals surface area contributed by atoms with E-state index in [0.29, 0.717) is 16.8 Å². The van der Waals surface area contributed by atoms with Crippen molar-refractivity contribution in [2.45, 2.75) is 45.1 Å². The van der Waals surface area contributed by atoms with Crippen molar-refractivity contribution in [2.24, 2.45) is 0 Å². The maximum atomic E-state index is 12.4.